The highest BCUT2D eigenvalue weighted by atomic mass is 35.5. The SMILES string of the molecule is CC1CCN(S(=O)(=O)CCCl)C1=O. The molecule has 0 aromatic heterocycles. The number of alkyl halides is 1. The first-order valence-electron chi connectivity index (χ1n) is 4.09. The lowest BCUT2D eigenvalue weighted by atomic mass is 10.1. The molecule has 1 unspecified atom stereocenters. The topological polar surface area (TPSA) is 54.5 Å². The molecule has 1 amide bonds. The first-order valence-corrected chi connectivity index (χ1v) is 6.23. The molecule has 0 aromatic carbocycles. The van der Waals surface area contributed by atoms with E-state index in [0.29, 0.717) is 13.0 Å². The first-order chi connectivity index (χ1) is 5.99. The minimum atomic E-state index is -3.44. The van der Waals surface area contributed by atoms with Crippen LogP contribution in [0.5, 0.6) is 0 Å². The number of carbonyl (C=O) groups excluding carboxylic acids is 1. The second-order valence-electron chi connectivity index (χ2n) is 3.11. The molecule has 0 spiro atoms. The summed E-state index contributed by atoms with van der Waals surface area (Å²) in [5, 5.41) is 0. The van der Waals surface area contributed by atoms with Gasteiger partial charge in [0.25, 0.3) is 0 Å². The van der Waals surface area contributed by atoms with Crippen molar-refractivity contribution in [2.45, 2.75) is 13.3 Å². The number of hydrogen-bond donors (Lipinski definition) is 0. The highest BCUT2D eigenvalue weighted by Crippen LogP contribution is 2.20. The van der Waals surface area contributed by atoms with Gasteiger partial charge in [-0.25, -0.2) is 12.7 Å². The highest BCUT2D eigenvalue weighted by Gasteiger charge is 2.35. The molecule has 1 aliphatic rings. The Kier molecular flexibility index (Phi) is 3.18. The Morgan fingerprint density at radius 1 is 1.62 bits per heavy atom. The highest BCUT2D eigenvalue weighted by molar-refractivity contribution is 7.89. The summed E-state index contributed by atoms with van der Waals surface area (Å²) in [5.41, 5.74) is 0. The molecule has 76 valence electrons. The second-order valence-corrected chi connectivity index (χ2v) is 5.50. The zero-order valence-electron chi connectivity index (χ0n) is 7.36. The second kappa shape index (κ2) is 3.84. The van der Waals surface area contributed by atoms with E-state index < -0.39 is 10.0 Å². The van der Waals surface area contributed by atoms with Crippen molar-refractivity contribution in [3.05, 3.63) is 0 Å². The largest absolute Gasteiger partial charge is 0.274 e. The molecule has 1 atom stereocenters. The number of halogens is 1. The molecule has 1 rings (SSSR count). The van der Waals surface area contributed by atoms with Crippen LogP contribution in [0.25, 0.3) is 0 Å². The monoisotopic (exact) mass is 225 g/mol. The molecule has 0 saturated carbocycles. The maximum absolute atomic E-state index is 11.4. The van der Waals surface area contributed by atoms with Crippen molar-refractivity contribution in [3.8, 4) is 0 Å². The zero-order valence-corrected chi connectivity index (χ0v) is 8.94. The minimum Gasteiger partial charge on any atom is -0.274 e. The summed E-state index contributed by atoms with van der Waals surface area (Å²) >= 11 is 5.33. The average Bonchev–Trinajstić information content (AvgIpc) is 2.33. The molecule has 4 nitrogen and oxygen atoms in total. The van der Waals surface area contributed by atoms with E-state index in [1.165, 1.54) is 0 Å². The standard InChI is InChI=1S/C7H12ClNO3S/c1-6-2-4-9(7(6)10)13(11,12)5-3-8/h6H,2-5H2,1H3. The van der Waals surface area contributed by atoms with Crippen LogP contribution in [0, 0.1) is 5.92 Å². The Morgan fingerprint density at radius 2 is 2.23 bits per heavy atom. The molecule has 1 fully saturated rings. The molecule has 0 N–H and O–H groups in total. The van der Waals surface area contributed by atoms with Gasteiger partial charge in [0, 0.05) is 18.3 Å². The van der Waals surface area contributed by atoms with Gasteiger partial charge in [0.1, 0.15) is 0 Å². The summed E-state index contributed by atoms with van der Waals surface area (Å²) in [6.45, 7) is 2.04. The van der Waals surface area contributed by atoms with Crippen molar-refractivity contribution in [2.24, 2.45) is 5.92 Å². The van der Waals surface area contributed by atoms with E-state index in [1.54, 1.807) is 6.92 Å². The van der Waals surface area contributed by atoms with Crippen LogP contribution in [-0.2, 0) is 14.8 Å². The zero-order chi connectivity index (χ0) is 10.1. The Balaban J connectivity index is 2.79. The Morgan fingerprint density at radius 3 is 2.62 bits per heavy atom. The van der Waals surface area contributed by atoms with Crippen molar-refractivity contribution in [1.82, 2.24) is 4.31 Å². The predicted molar refractivity (Wildman–Crippen MR) is 50.0 cm³/mol. The third-order valence-electron chi connectivity index (χ3n) is 2.10. The molecule has 13 heavy (non-hydrogen) atoms. The smallest absolute Gasteiger partial charge is 0.238 e. The molecule has 0 radical (unpaired) electrons. The van der Waals surface area contributed by atoms with E-state index in [4.69, 9.17) is 11.6 Å². The molecular formula is C7H12ClNO3S. The fourth-order valence-corrected chi connectivity index (χ4v) is 3.11. The predicted octanol–water partition coefficient (Wildman–Crippen LogP) is 0.423. The number of carbonyl (C=O) groups is 1. The summed E-state index contributed by atoms with van der Waals surface area (Å²) < 4.78 is 23.8. The summed E-state index contributed by atoms with van der Waals surface area (Å²) in [5.74, 6) is -0.608. The summed E-state index contributed by atoms with van der Waals surface area (Å²) in [7, 11) is -3.44. The summed E-state index contributed by atoms with van der Waals surface area (Å²) in [6, 6.07) is 0. The lowest BCUT2D eigenvalue weighted by Gasteiger charge is -2.15. The quantitative estimate of drug-likeness (QED) is 0.655. The number of hydrogen-bond acceptors (Lipinski definition) is 3. The van der Waals surface area contributed by atoms with E-state index in [0.717, 1.165) is 4.31 Å². The van der Waals surface area contributed by atoms with Gasteiger partial charge >= 0.3 is 0 Å². The van der Waals surface area contributed by atoms with Crippen LogP contribution in [-0.4, -0.2) is 36.8 Å². The molecule has 1 saturated heterocycles. The molecular weight excluding hydrogens is 214 g/mol. The van der Waals surface area contributed by atoms with Gasteiger partial charge < -0.3 is 0 Å². The molecule has 0 aliphatic carbocycles. The van der Waals surface area contributed by atoms with Crippen LogP contribution in [0.2, 0.25) is 0 Å². The third kappa shape index (κ3) is 2.14. The van der Waals surface area contributed by atoms with Crippen LogP contribution < -0.4 is 0 Å². The first kappa shape index (κ1) is 10.8. The van der Waals surface area contributed by atoms with Gasteiger partial charge in [0.05, 0.1) is 5.75 Å². The van der Waals surface area contributed by atoms with Crippen molar-refractivity contribution < 1.29 is 13.2 Å². The Labute approximate surface area is 82.9 Å². The van der Waals surface area contributed by atoms with Gasteiger partial charge in [-0.15, -0.1) is 11.6 Å². The van der Waals surface area contributed by atoms with Gasteiger partial charge in [-0.2, -0.15) is 0 Å². The fourth-order valence-electron chi connectivity index (χ4n) is 1.27. The molecule has 1 heterocycles. The number of sulfonamides is 1. The molecule has 1 aliphatic heterocycles. The van der Waals surface area contributed by atoms with Crippen LogP contribution in [0.3, 0.4) is 0 Å². The van der Waals surface area contributed by atoms with E-state index in [2.05, 4.69) is 0 Å². The molecule has 0 aromatic rings. The third-order valence-corrected chi connectivity index (χ3v) is 4.27. The van der Waals surface area contributed by atoms with Gasteiger partial charge in [0.15, 0.2) is 0 Å². The Bertz CT molecular complexity index is 301. The maximum Gasteiger partial charge on any atom is 0.238 e. The molecule has 0 bridgehead atoms. The summed E-state index contributed by atoms with van der Waals surface area (Å²) in [4.78, 5) is 11.3. The van der Waals surface area contributed by atoms with Crippen molar-refractivity contribution in [2.75, 3.05) is 18.2 Å². The van der Waals surface area contributed by atoms with Crippen molar-refractivity contribution in [1.29, 1.82) is 0 Å². The van der Waals surface area contributed by atoms with E-state index in [9.17, 15) is 13.2 Å². The van der Waals surface area contributed by atoms with Gasteiger partial charge in [-0.3, -0.25) is 4.79 Å². The van der Waals surface area contributed by atoms with Crippen LogP contribution in [0.4, 0.5) is 0 Å². The normalized spacial score (nSPS) is 24.0. The summed E-state index contributed by atoms with van der Waals surface area (Å²) in [6.07, 6.45) is 0.611. The van der Waals surface area contributed by atoms with E-state index >= 15 is 0 Å². The fraction of sp³-hybridized carbons (Fsp3) is 0.857. The van der Waals surface area contributed by atoms with Crippen LogP contribution in [0.1, 0.15) is 13.3 Å². The van der Waals surface area contributed by atoms with E-state index in [-0.39, 0.29) is 23.5 Å². The van der Waals surface area contributed by atoms with Gasteiger partial charge in [-0.05, 0) is 6.42 Å². The van der Waals surface area contributed by atoms with Gasteiger partial charge in [0.2, 0.25) is 15.9 Å². The van der Waals surface area contributed by atoms with E-state index in [1.807, 2.05) is 0 Å². The lowest BCUT2D eigenvalue weighted by Crippen LogP contribution is -2.35. The number of nitrogens with zero attached hydrogens (tertiary/aromatic N) is 1. The van der Waals surface area contributed by atoms with Crippen LogP contribution >= 0.6 is 11.6 Å². The molecule has 6 heteroatoms. The number of rotatable bonds is 3. The van der Waals surface area contributed by atoms with Crippen LogP contribution in [0.15, 0.2) is 0 Å². The lowest BCUT2D eigenvalue weighted by molar-refractivity contribution is -0.126. The van der Waals surface area contributed by atoms with Crippen molar-refractivity contribution >= 4 is 27.5 Å². The minimum absolute atomic E-state index is 0.0283. The Hall–Kier alpha value is -0.290. The number of amides is 1. The van der Waals surface area contributed by atoms with Gasteiger partial charge in [-0.1, -0.05) is 6.92 Å². The average molecular weight is 226 g/mol. The van der Waals surface area contributed by atoms with Crippen molar-refractivity contribution in [3.63, 3.8) is 0 Å². The maximum atomic E-state index is 11.4.